The summed E-state index contributed by atoms with van der Waals surface area (Å²) < 4.78 is 7.21. The number of ether oxygens (including phenoxy) is 1. The van der Waals surface area contributed by atoms with Crippen LogP contribution in [0.5, 0.6) is 0 Å². The lowest BCUT2D eigenvalue weighted by Crippen LogP contribution is -2.34. The van der Waals surface area contributed by atoms with E-state index in [2.05, 4.69) is 35.9 Å². The monoisotopic (exact) mass is 393 g/mol. The molecule has 1 aromatic carbocycles. The molecule has 2 aromatic rings. The largest absolute Gasteiger partial charge is 0.468 e. The smallest absolute Gasteiger partial charge is 0.326 e. The minimum absolute atomic E-state index is 0.378. The molecular formula is C24H31N3O2. The van der Waals surface area contributed by atoms with Gasteiger partial charge in [0.2, 0.25) is 0 Å². The maximum absolute atomic E-state index is 12.1. The molecule has 0 N–H and O–H groups in total. The Morgan fingerprint density at radius 1 is 1.24 bits per heavy atom. The molecule has 0 unspecified atom stereocenters. The van der Waals surface area contributed by atoms with Crippen LogP contribution in [-0.4, -0.2) is 22.9 Å². The third-order valence-electron chi connectivity index (χ3n) is 7.16. The highest BCUT2D eigenvalue weighted by Crippen LogP contribution is 2.44. The Labute approximate surface area is 173 Å². The van der Waals surface area contributed by atoms with Crippen LogP contribution in [0.15, 0.2) is 18.2 Å². The first-order chi connectivity index (χ1) is 14.1. The number of nitrogens with zero attached hydrogens (tertiary/aromatic N) is 3. The molecule has 1 heterocycles. The summed E-state index contributed by atoms with van der Waals surface area (Å²) >= 11 is 0. The fourth-order valence-corrected chi connectivity index (χ4v) is 5.34. The minimum atomic E-state index is -0.964. The Balaban J connectivity index is 1.62. The van der Waals surface area contributed by atoms with Gasteiger partial charge in [0.1, 0.15) is 0 Å². The van der Waals surface area contributed by atoms with E-state index in [0.717, 1.165) is 19.3 Å². The maximum atomic E-state index is 12.1. The van der Waals surface area contributed by atoms with Gasteiger partial charge >= 0.3 is 5.97 Å². The summed E-state index contributed by atoms with van der Waals surface area (Å²) in [6.07, 6.45) is 10.1. The quantitative estimate of drug-likeness (QED) is 0.648. The Morgan fingerprint density at radius 3 is 2.59 bits per heavy atom. The number of nitriles is 1. The second kappa shape index (κ2) is 8.18. The van der Waals surface area contributed by atoms with E-state index in [0.29, 0.717) is 24.8 Å². The zero-order valence-electron chi connectivity index (χ0n) is 17.6. The molecule has 2 aliphatic rings. The topological polar surface area (TPSA) is 67.9 Å². The standard InChI is InChI=1S/C24H31N3O2/c1-3-21-20-10-9-18(15-22(20)27(26-21)19-7-5-4-6-8-19)17-11-13-24(16-25,14-12-17)23(28)29-2/h9-10,15,17,19H,3-8,11-14H2,1-2H3. The average molecular weight is 394 g/mol. The summed E-state index contributed by atoms with van der Waals surface area (Å²) in [5.41, 5.74) is 2.80. The van der Waals surface area contributed by atoms with Crippen LogP contribution < -0.4 is 0 Å². The summed E-state index contributed by atoms with van der Waals surface area (Å²) in [7, 11) is 1.37. The maximum Gasteiger partial charge on any atom is 0.326 e. The number of rotatable bonds is 4. The Bertz CT molecular complexity index is 925. The van der Waals surface area contributed by atoms with Crippen LogP contribution in [0.25, 0.3) is 10.9 Å². The first-order valence-corrected chi connectivity index (χ1v) is 11.1. The molecule has 1 aromatic heterocycles. The van der Waals surface area contributed by atoms with Crippen molar-refractivity contribution in [2.75, 3.05) is 7.11 Å². The number of carbonyl (C=O) groups excluding carboxylic acids is 1. The van der Waals surface area contributed by atoms with E-state index in [1.54, 1.807) is 0 Å². The molecule has 4 rings (SSSR count). The van der Waals surface area contributed by atoms with E-state index >= 15 is 0 Å². The van der Waals surface area contributed by atoms with Crippen molar-refractivity contribution in [3.8, 4) is 6.07 Å². The lowest BCUT2D eigenvalue weighted by Gasteiger charge is -2.33. The van der Waals surface area contributed by atoms with E-state index in [9.17, 15) is 10.1 Å². The van der Waals surface area contributed by atoms with Gasteiger partial charge in [-0.3, -0.25) is 9.48 Å². The summed E-state index contributed by atoms with van der Waals surface area (Å²) in [5, 5.41) is 15.9. The average Bonchev–Trinajstić information content (AvgIpc) is 3.17. The lowest BCUT2D eigenvalue weighted by molar-refractivity contribution is -0.151. The molecular weight excluding hydrogens is 362 g/mol. The summed E-state index contributed by atoms with van der Waals surface area (Å²) in [6.45, 7) is 2.18. The molecule has 2 saturated carbocycles. The lowest BCUT2D eigenvalue weighted by atomic mass is 9.69. The zero-order chi connectivity index (χ0) is 20.4. The molecule has 5 nitrogen and oxygen atoms in total. The molecule has 0 atom stereocenters. The van der Waals surface area contributed by atoms with Crippen molar-refractivity contribution in [1.82, 2.24) is 9.78 Å². The molecule has 0 radical (unpaired) electrons. The predicted octanol–water partition coefficient (Wildman–Crippen LogP) is 5.44. The summed E-state index contributed by atoms with van der Waals surface area (Å²) in [4.78, 5) is 12.1. The van der Waals surface area contributed by atoms with Crippen LogP contribution in [-0.2, 0) is 16.0 Å². The molecule has 154 valence electrons. The number of hydrogen-bond donors (Lipinski definition) is 0. The number of carbonyl (C=O) groups is 1. The fourth-order valence-electron chi connectivity index (χ4n) is 5.34. The molecule has 2 fully saturated rings. The van der Waals surface area contributed by atoms with Crippen LogP contribution >= 0.6 is 0 Å². The van der Waals surface area contributed by atoms with Crippen LogP contribution in [0, 0.1) is 16.7 Å². The van der Waals surface area contributed by atoms with Gasteiger partial charge in [-0.15, -0.1) is 0 Å². The number of fused-ring (bicyclic) bond motifs is 1. The molecule has 0 amide bonds. The van der Waals surface area contributed by atoms with Gasteiger partial charge in [-0.1, -0.05) is 38.3 Å². The first kappa shape index (κ1) is 19.9. The number of benzene rings is 1. The van der Waals surface area contributed by atoms with Gasteiger partial charge in [0.25, 0.3) is 0 Å². The highest BCUT2D eigenvalue weighted by molar-refractivity contribution is 5.83. The predicted molar refractivity (Wildman–Crippen MR) is 113 cm³/mol. The van der Waals surface area contributed by atoms with E-state index < -0.39 is 5.41 Å². The zero-order valence-corrected chi connectivity index (χ0v) is 17.6. The third kappa shape index (κ3) is 3.54. The van der Waals surface area contributed by atoms with Gasteiger partial charge in [0.05, 0.1) is 30.4 Å². The van der Waals surface area contributed by atoms with Crippen LogP contribution in [0.2, 0.25) is 0 Å². The molecule has 2 aliphatic carbocycles. The van der Waals surface area contributed by atoms with Crippen molar-refractivity contribution in [3.63, 3.8) is 0 Å². The highest BCUT2D eigenvalue weighted by Gasteiger charge is 2.43. The molecule has 0 saturated heterocycles. The fraction of sp³-hybridized carbons (Fsp3) is 0.625. The van der Waals surface area contributed by atoms with Crippen molar-refractivity contribution < 1.29 is 9.53 Å². The molecule has 5 heteroatoms. The Kier molecular flexibility index (Phi) is 5.63. The summed E-state index contributed by atoms with van der Waals surface area (Å²) in [5.74, 6) is 0.00202. The number of hydrogen-bond acceptors (Lipinski definition) is 4. The van der Waals surface area contributed by atoms with Crippen LogP contribution in [0.1, 0.15) is 87.9 Å². The number of aromatic nitrogens is 2. The number of methoxy groups -OCH3 is 1. The normalized spacial score (nSPS) is 25.6. The van der Waals surface area contributed by atoms with Gasteiger partial charge in [-0.05, 0) is 62.5 Å². The van der Waals surface area contributed by atoms with Gasteiger partial charge in [-0.25, -0.2) is 0 Å². The molecule has 29 heavy (non-hydrogen) atoms. The van der Waals surface area contributed by atoms with E-state index in [4.69, 9.17) is 9.84 Å². The SMILES string of the molecule is CCc1nn(C2CCCCC2)c2cc(C3CCC(C#N)(C(=O)OC)CC3)ccc12. The van der Waals surface area contributed by atoms with Gasteiger partial charge in [-0.2, -0.15) is 10.4 Å². The second-order valence-electron chi connectivity index (χ2n) is 8.77. The molecule has 0 aliphatic heterocycles. The van der Waals surface area contributed by atoms with E-state index in [1.807, 2.05) is 0 Å². The Morgan fingerprint density at radius 2 is 1.97 bits per heavy atom. The van der Waals surface area contributed by atoms with Gasteiger partial charge < -0.3 is 4.74 Å². The third-order valence-corrected chi connectivity index (χ3v) is 7.16. The number of esters is 1. The van der Waals surface area contributed by atoms with E-state index in [1.165, 1.54) is 61.4 Å². The number of aryl methyl sites for hydroxylation is 1. The van der Waals surface area contributed by atoms with Crippen LogP contribution in [0.3, 0.4) is 0 Å². The van der Waals surface area contributed by atoms with Crippen molar-refractivity contribution in [2.24, 2.45) is 5.41 Å². The van der Waals surface area contributed by atoms with Gasteiger partial charge in [0.15, 0.2) is 5.41 Å². The second-order valence-corrected chi connectivity index (χ2v) is 8.77. The van der Waals surface area contributed by atoms with Crippen molar-refractivity contribution >= 4 is 16.9 Å². The molecule has 0 spiro atoms. The van der Waals surface area contributed by atoms with Crippen molar-refractivity contribution in [3.05, 3.63) is 29.5 Å². The minimum Gasteiger partial charge on any atom is -0.468 e. The highest BCUT2D eigenvalue weighted by atomic mass is 16.5. The van der Waals surface area contributed by atoms with Crippen molar-refractivity contribution in [2.45, 2.75) is 83.1 Å². The van der Waals surface area contributed by atoms with E-state index in [-0.39, 0.29) is 5.97 Å². The first-order valence-electron chi connectivity index (χ1n) is 11.1. The summed E-state index contributed by atoms with van der Waals surface area (Å²) in [6, 6.07) is 9.56. The van der Waals surface area contributed by atoms with Crippen molar-refractivity contribution in [1.29, 1.82) is 5.26 Å². The van der Waals surface area contributed by atoms with Gasteiger partial charge in [0, 0.05) is 5.39 Å². The van der Waals surface area contributed by atoms with Crippen LogP contribution in [0.4, 0.5) is 0 Å². The Hall–Kier alpha value is -2.35. The molecule has 0 bridgehead atoms.